The highest BCUT2D eigenvalue weighted by molar-refractivity contribution is 9.10. The Balaban J connectivity index is 1.60. The van der Waals surface area contributed by atoms with Crippen LogP contribution in [-0.2, 0) is 19.4 Å². The molecule has 3 heteroatoms. The smallest absolute Gasteiger partial charge is 0.115 e. The molecule has 1 unspecified atom stereocenters. The number of hydrogen-bond acceptors (Lipinski definition) is 2. The van der Waals surface area contributed by atoms with Gasteiger partial charge in [0.1, 0.15) is 5.75 Å². The average Bonchev–Trinajstić information content (AvgIpc) is 2.46. The van der Waals surface area contributed by atoms with Crippen molar-refractivity contribution in [3.05, 3.63) is 63.6 Å². The van der Waals surface area contributed by atoms with Gasteiger partial charge in [0.05, 0.1) is 0 Å². The van der Waals surface area contributed by atoms with Crippen molar-refractivity contribution in [2.45, 2.75) is 31.8 Å². The summed E-state index contributed by atoms with van der Waals surface area (Å²) in [5.74, 6) is 0.325. The van der Waals surface area contributed by atoms with Crippen LogP contribution in [0.5, 0.6) is 5.75 Å². The molecular weight excluding hydrogens is 314 g/mol. The van der Waals surface area contributed by atoms with Crippen LogP contribution in [0.2, 0.25) is 0 Å². The maximum atomic E-state index is 9.28. The third-order valence-corrected chi connectivity index (χ3v) is 4.42. The molecule has 1 aliphatic carbocycles. The van der Waals surface area contributed by atoms with Gasteiger partial charge >= 0.3 is 0 Å². The van der Waals surface area contributed by atoms with E-state index in [0.717, 1.165) is 19.4 Å². The number of hydrogen-bond donors (Lipinski definition) is 2. The van der Waals surface area contributed by atoms with Gasteiger partial charge < -0.3 is 10.4 Å². The summed E-state index contributed by atoms with van der Waals surface area (Å²) in [6.07, 6.45) is 3.42. The lowest BCUT2D eigenvalue weighted by atomic mass is 9.88. The molecule has 2 nitrogen and oxygen atoms in total. The molecule has 0 heterocycles. The summed E-state index contributed by atoms with van der Waals surface area (Å²) in [5, 5.41) is 12.9. The lowest BCUT2D eigenvalue weighted by Crippen LogP contribution is -2.34. The van der Waals surface area contributed by atoms with Gasteiger partial charge in [0.25, 0.3) is 0 Å². The van der Waals surface area contributed by atoms with Crippen LogP contribution in [0.4, 0.5) is 0 Å². The fraction of sp³-hybridized carbons (Fsp3) is 0.294. The number of aryl methyl sites for hydroxylation is 1. The van der Waals surface area contributed by atoms with E-state index in [9.17, 15) is 5.11 Å². The fourth-order valence-corrected chi connectivity index (χ4v) is 3.18. The number of rotatable bonds is 3. The molecule has 0 amide bonds. The molecule has 20 heavy (non-hydrogen) atoms. The van der Waals surface area contributed by atoms with Crippen LogP contribution in [0.25, 0.3) is 0 Å². The lowest BCUT2D eigenvalue weighted by Gasteiger charge is -2.26. The van der Waals surface area contributed by atoms with Crippen LogP contribution in [0.1, 0.15) is 23.1 Å². The number of phenols is 1. The molecule has 0 saturated heterocycles. The second kappa shape index (κ2) is 5.98. The normalized spacial score (nSPS) is 17.8. The van der Waals surface area contributed by atoms with Crippen molar-refractivity contribution < 1.29 is 5.11 Å². The van der Waals surface area contributed by atoms with Gasteiger partial charge in [-0.15, -0.1) is 0 Å². The van der Waals surface area contributed by atoms with Crippen molar-refractivity contribution >= 4 is 15.9 Å². The first kappa shape index (κ1) is 13.7. The average molecular weight is 332 g/mol. The number of aromatic hydroxyl groups is 1. The van der Waals surface area contributed by atoms with E-state index in [1.165, 1.54) is 27.6 Å². The second-order valence-corrected chi connectivity index (χ2v) is 6.32. The summed E-state index contributed by atoms with van der Waals surface area (Å²) >= 11 is 3.54. The highest BCUT2D eigenvalue weighted by Crippen LogP contribution is 2.25. The highest BCUT2D eigenvalue weighted by atomic mass is 79.9. The first-order valence-corrected chi connectivity index (χ1v) is 7.78. The third kappa shape index (κ3) is 3.22. The zero-order valence-corrected chi connectivity index (χ0v) is 12.9. The van der Waals surface area contributed by atoms with Crippen LogP contribution in [0.3, 0.4) is 0 Å². The van der Waals surface area contributed by atoms with Crippen LogP contribution < -0.4 is 5.32 Å². The molecule has 0 aromatic heterocycles. The largest absolute Gasteiger partial charge is 0.508 e. The van der Waals surface area contributed by atoms with Gasteiger partial charge in [-0.3, -0.25) is 0 Å². The molecule has 104 valence electrons. The van der Waals surface area contributed by atoms with E-state index >= 15 is 0 Å². The van der Waals surface area contributed by atoms with E-state index in [-0.39, 0.29) is 0 Å². The standard InChI is InChI=1S/C17H18BrNO/c18-15-5-3-14-10-16(6-4-13(14)9-15)19-11-12-1-7-17(20)8-2-12/h1-3,5,7-9,16,19-20H,4,6,10-11H2. The summed E-state index contributed by atoms with van der Waals surface area (Å²) < 4.78 is 1.17. The number of fused-ring (bicyclic) bond motifs is 1. The van der Waals surface area contributed by atoms with E-state index in [1.54, 1.807) is 12.1 Å². The topological polar surface area (TPSA) is 32.3 Å². The SMILES string of the molecule is Oc1ccc(CNC2CCc3cc(Br)ccc3C2)cc1. The Kier molecular flexibility index (Phi) is 4.08. The first-order chi connectivity index (χ1) is 9.70. The van der Waals surface area contributed by atoms with E-state index in [4.69, 9.17) is 0 Å². The van der Waals surface area contributed by atoms with Gasteiger partial charge in [0.15, 0.2) is 0 Å². The maximum Gasteiger partial charge on any atom is 0.115 e. The molecule has 0 bridgehead atoms. The summed E-state index contributed by atoms with van der Waals surface area (Å²) in [5.41, 5.74) is 4.15. The molecule has 0 radical (unpaired) electrons. The zero-order chi connectivity index (χ0) is 13.9. The Bertz CT molecular complexity index is 594. The molecule has 0 saturated carbocycles. The molecule has 3 rings (SSSR count). The van der Waals surface area contributed by atoms with Crippen molar-refractivity contribution in [3.63, 3.8) is 0 Å². The van der Waals surface area contributed by atoms with Gasteiger partial charge in [-0.2, -0.15) is 0 Å². The summed E-state index contributed by atoms with van der Waals surface area (Å²) in [6.45, 7) is 0.858. The molecule has 0 fully saturated rings. The number of benzene rings is 2. The Morgan fingerprint density at radius 3 is 2.70 bits per heavy atom. The Labute approximate surface area is 128 Å². The van der Waals surface area contributed by atoms with E-state index in [0.29, 0.717) is 11.8 Å². The molecule has 2 aromatic rings. The van der Waals surface area contributed by atoms with Gasteiger partial charge in [-0.1, -0.05) is 34.1 Å². The Hall–Kier alpha value is -1.32. The molecule has 1 aliphatic rings. The monoisotopic (exact) mass is 331 g/mol. The predicted octanol–water partition coefficient (Wildman–Crippen LogP) is 3.80. The molecule has 1 atom stereocenters. The molecule has 0 aliphatic heterocycles. The lowest BCUT2D eigenvalue weighted by molar-refractivity contribution is 0.456. The van der Waals surface area contributed by atoms with Gasteiger partial charge in [0, 0.05) is 17.1 Å². The second-order valence-electron chi connectivity index (χ2n) is 5.40. The van der Waals surface area contributed by atoms with Crippen molar-refractivity contribution in [3.8, 4) is 5.75 Å². The summed E-state index contributed by atoms with van der Waals surface area (Å²) in [4.78, 5) is 0. The minimum Gasteiger partial charge on any atom is -0.508 e. The van der Waals surface area contributed by atoms with E-state index in [2.05, 4.69) is 39.4 Å². The number of phenolic OH excluding ortho intramolecular Hbond substituents is 1. The molecular formula is C17H18BrNO. The van der Waals surface area contributed by atoms with Crippen LogP contribution in [-0.4, -0.2) is 11.1 Å². The number of nitrogens with one attached hydrogen (secondary N) is 1. The van der Waals surface area contributed by atoms with Gasteiger partial charge in [-0.25, -0.2) is 0 Å². The van der Waals surface area contributed by atoms with Crippen LogP contribution in [0.15, 0.2) is 46.9 Å². The fourth-order valence-electron chi connectivity index (χ4n) is 2.77. The molecule has 0 spiro atoms. The Morgan fingerprint density at radius 2 is 1.90 bits per heavy atom. The van der Waals surface area contributed by atoms with Gasteiger partial charge in [0.2, 0.25) is 0 Å². The van der Waals surface area contributed by atoms with Crippen molar-refractivity contribution in [2.24, 2.45) is 0 Å². The predicted molar refractivity (Wildman–Crippen MR) is 84.9 cm³/mol. The van der Waals surface area contributed by atoms with Crippen molar-refractivity contribution in [1.29, 1.82) is 0 Å². The maximum absolute atomic E-state index is 9.28. The van der Waals surface area contributed by atoms with Crippen molar-refractivity contribution in [1.82, 2.24) is 5.32 Å². The zero-order valence-electron chi connectivity index (χ0n) is 11.3. The molecule has 2 N–H and O–H groups in total. The summed E-state index contributed by atoms with van der Waals surface area (Å²) in [6, 6.07) is 14.6. The minimum absolute atomic E-state index is 0.325. The Morgan fingerprint density at radius 1 is 1.10 bits per heavy atom. The summed E-state index contributed by atoms with van der Waals surface area (Å²) in [7, 11) is 0. The third-order valence-electron chi connectivity index (χ3n) is 3.93. The van der Waals surface area contributed by atoms with Crippen LogP contribution in [0, 0.1) is 0 Å². The van der Waals surface area contributed by atoms with Gasteiger partial charge in [-0.05, 0) is 60.2 Å². The quantitative estimate of drug-likeness (QED) is 0.896. The molecule has 2 aromatic carbocycles. The first-order valence-electron chi connectivity index (χ1n) is 6.99. The number of halogens is 1. The minimum atomic E-state index is 0.325. The van der Waals surface area contributed by atoms with Crippen molar-refractivity contribution in [2.75, 3.05) is 0 Å². The van der Waals surface area contributed by atoms with E-state index < -0.39 is 0 Å². The highest BCUT2D eigenvalue weighted by Gasteiger charge is 2.18. The van der Waals surface area contributed by atoms with Crippen LogP contribution >= 0.6 is 15.9 Å². The van der Waals surface area contributed by atoms with E-state index in [1.807, 2.05) is 12.1 Å².